The molecule has 7 nitrogen and oxygen atoms in total. The summed E-state index contributed by atoms with van der Waals surface area (Å²) in [6.45, 7) is 2.56. The normalized spacial score (nSPS) is 17.7. The van der Waals surface area contributed by atoms with E-state index in [9.17, 15) is 4.79 Å². The third kappa shape index (κ3) is 2.68. The van der Waals surface area contributed by atoms with E-state index in [1.807, 2.05) is 18.2 Å². The van der Waals surface area contributed by atoms with Gasteiger partial charge in [-0.1, -0.05) is 24.8 Å². The maximum absolute atomic E-state index is 13.1. The highest BCUT2D eigenvalue weighted by Crippen LogP contribution is 2.38. The monoisotopic (exact) mass is 440 g/mol. The fourth-order valence-corrected chi connectivity index (χ4v) is 6.74. The maximum atomic E-state index is 13.1. The fourth-order valence-electron chi connectivity index (χ4n) is 4.30. The smallest absolute Gasteiger partial charge is 0.263 e. The van der Waals surface area contributed by atoms with Crippen LogP contribution in [-0.2, 0) is 25.6 Å². The highest BCUT2D eigenvalue weighted by molar-refractivity contribution is 7.98. The lowest BCUT2D eigenvalue weighted by Gasteiger charge is -2.17. The van der Waals surface area contributed by atoms with E-state index in [0.717, 1.165) is 57.5 Å². The van der Waals surface area contributed by atoms with Gasteiger partial charge in [-0.2, -0.15) is 0 Å². The highest BCUT2D eigenvalue weighted by Gasteiger charge is 2.26. The molecule has 0 radical (unpaired) electrons. The van der Waals surface area contributed by atoms with Gasteiger partial charge in [0, 0.05) is 17.7 Å². The Bertz CT molecular complexity index is 1370. The molecule has 0 saturated heterocycles. The Morgan fingerprint density at radius 1 is 1.27 bits per heavy atom. The third-order valence-corrected chi connectivity index (χ3v) is 8.18. The SMILES string of the molecule is C[C@@H]1CCc2c(sc3c2c(=O)n(C)c2nnc(SCc4ccc5c(c4)OCO5)n32)C1. The van der Waals surface area contributed by atoms with Gasteiger partial charge in [0.05, 0.1) is 5.39 Å². The van der Waals surface area contributed by atoms with Gasteiger partial charge < -0.3 is 9.47 Å². The fraction of sp³-hybridized carbons (Fsp3) is 0.381. The number of thiophene rings is 1. The van der Waals surface area contributed by atoms with Crippen molar-refractivity contribution >= 4 is 39.1 Å². The summed E-state index contributed by atoms with van der Waals surface area (Å²) >= 11 is 3.35. The Balaban J connectivity index is 1.45. The first kappa shape index (κ1) is 18.3. The van der Waals surface area contributed by atoms with Gasteiger partial charge in [0.2, 0.25) is 12.6 Å². The molecule has 0 unspecified atom stereocenters. The van der Waals surface area contributed by atoms with E-state index in [0.29, 0.717) is 11.7 Å². The molecule has 4 aromatic rings. The molecule has 3 aromatic heterocycles. The van der Waals surface area contributed by atoms with Gasteiger partial charge in [0.15, 0.2) is 16.7 Å². The molecule has 9 heteroatoms. The van der Waals surface area contributed by atoms with Crippen LogP contribution in [0.15, 0.2) is 28.2 Å². The van der Waals surface area contributed by atoms with Gasteiger partial charge in [0.25, 0.3) is 5.56 Å². The first-order valence-corrected chi connectivity index (χ1v) is 11.8. The average Bonchev–Trinajstić information content (AvgIpc) is 3.45. The zero-order chi connectivity index (χ0) is 20.4. The molecule has 4 heterocycles. The molecule has 154 valence electrons. The van der Waals surface area contributed by atoms with E-state index >= 15 is 0 Å². The van der Waals surface area contributed by atoms with E-state index in [-0.39, 0.29) is 12.4 Å². The van der Waals surface area contributed by atoms with Crippen molar-refractivity contribution in [3.8, 4) is 11.5 Å². The van der Waals surface area contributed by atoms with Crippen LogP contribution in [-0.4, -0.2) is 26.0 Å². The number of hydrogen-bond acceptors (Lipinski definition) is 7. The minimum atomic E-state index is 0.0317. The van der Waals surface area contributed by atoms with Gasteiger partial charge >= 0.3 is 0 Å². The summed E-state index contributed by atoms with van der Waals surface area (Å²) in [5, 5.41) is 10.4. The second-order valence-corrected chi connectivity index (χ2v) is 10.0. The number of nitrogens with zero attached hydrogens (tertiary/aromatic N) is 4. The van der Waals surface area contributed by atoms with Crippen molar-refractivity contribution in [1.29, 1.82) is 0 Å². The van der Waals surface area contributed by atoms with Crippen molar-refractivity contribution < 1.29 is 9.47 Å². The molecular weight excluding hydrogens is 420 g/mol. The zero-order valence-electron chi connectivity index (χ0n) is 16.7. The van der Waals surface area contributed by atoms with E-state index in [1.54, 1.807) is 34.7 Å². The second kappa shape index (κ2) is 6.75. The van der Waals surface area contributed by atoms with Gasteiger partial charge in [-0.3, -0.25) is 9.36 Å². The lowest BCUT2D eigenvalue weighted by atomic mass is 9.89. The summed E-state index contributed by atoms with van der Waals surface area (Å²) in [6.07, 6.45) is 3.15. The van der Waals surface area contributed by atoms with Gasteiger partial charge in [0.1, 0.15) is 4.83 Å². The molecule has 1 aromatic carbocycles. The third-order valence-electron chi connectivity index (χ3n) is 5.94. The number of ether oxygens (including phenoxy) is 2. The second-order valence-electron chi connectivity index (χ2n) is 7.99. The largest absolute Gasteiger partial charge is 0.454 e. The summed E-state index contributed by atoms with van der Waals surface area (Å²) in [5.74, 6) is 3.54. The molecule has 0 saturated carbocycles. The molecule has 1 aliphatic heterocycles. The number of benzene rings is 1. The molecule has 0 spiro atoms. The summed E-state index contributed by atoms with van der Waals surface area (Å²) in [6, 6.07) is 5.99. The minimum Gasteiger partial charge on any atom is -0.454 e. The van der Waals surface area contributed by atoms with E-state index in [4.69, 9.17) is 9.47 Å². The maximum Gasteiger partial charge on any atom is 0.263 e. The Morgan fingerprint density at radius 3 is 3.03 bits per heavy atom. The van der Waals surface area contributed by atoms with Crippen LogP contribution in [0.1, 0.15) is 29.3 Å². The van der Waals surface area contributed by atoms with Crippen LogP contribution in [0.4, 0.5) is 0 Å². The topological polar surface area (TPSA) is 70.7 Å². The predicted molar refractivity (Wildman–Crippen MR) is 117 cm³/mol. The van der Waals surface area contributed by atoms with Crippen molar-refractivity contribution in [3.05, 3.63) is 44.6 Å². The lowest BCUT2D eigenvalue weighted by molar-refractivity contribution is 0.174. The van der Waals surface area contributed by atoms with Crippen LogP contribution < -0.4 is 15.0 Å². The number of hydrogen-bond donors (Lipinski definition) is 0. The lowest BCUT2D eigenvalue weighted by Crippen LogP contribution is -2.21. The molecule has 0 fully saturated rings. The molecule has 0 N–H and O–H groups in total. The van der Waals surface area contributed by atoms with Crippen molar-refractivity contribution in [3.63, 3.8) is 0 Å². The van der Waals surface area contributed by atoms with Crippen LogP contribution in [0.25, 0.3) is 16.0 Å². The zero-order valence-corrected chi connectivity index (χ0v) is 18.3. The molecule has 0 bridgehead atoms. The van der Waals surface area contributed by atoms with Crippen LogP contribution in [0, 0.1) is 5.92 Å². The Labute approximate surface area is 180 Å². The van der Waals surface area contributed by atoms with Crippen molar-refractivity contribution in [2.75, 3.05) is 6.79 Å². The molecule has 6 rings (SSSR count). The number of fused-ring (bicyclic) bond motifs is 6. The van der Waals surface area contributed by atoms with Crippen molar-refractivity contribution in [2.24, 2.45) is 13.0 Å². The van der Waals surface area contributed by atoms with Crippen LogP contribution >= 0.6 is 23.1 Å². The average molecular weight is 441 g/mol. The van der Waals surface area contributed by atoms with Crippen LogP contribution in [0.5, 0.6) is 11.5 Å². The summed E-state index contributed by atoms with van der Waals surface area (Å²) in [4.78, 5) is 15.4. The standard InChI is InChI=1S/C21H20N4O3S2/c1-11-3-5-13-16(7-11)30-19-17(13)18(26)24(2)20-22-23-21(25(19)20)29-9-12-4-6-14-15(8-12)28-10-27-14/h4,6,8,11H,3,5,7,9-10H2,1-2H3/t11-/m1/s1. The van der Waals surface area contributed by atoms with E-state index in [2.05, 4.69) is 21.5 Å². The first-order chi connectivity index (χ1) is 14.6. The summed E-state index contributed by atoms with van der Waals surface area (Å²) in [7, 11) is 1.79. The molecule has 0 amide bonds. The van der Waals surface area contributed by atoms with Crippen LogP contribution in [0.3, 0.4) is 0 Å². The number of aromatic nitrogens is 4. The van der Waals surface area contributed by atoms with Crippen molar-refractivity contribution in [2.45, 2.75) is 37.1 Å². The minimum absolute atomic E-state index is 0.0317. The molecule has 30 heavy (non-hydrogen) atoms. The van der Waals surface area contributed by atoms with Gasteiger partial charge in [-0.15, -0.1) is 21.5 Å². The molecule has 2 aliphatic rings. The van der Waals surface area contributed by atoms with Crippen molar-refractivity contribution in [1.82, 2.24) is 19.2 Å². The Hall–Kier alpha value is -2.52. The van der Waals surface area contributed by atoms with E-state index < -0.39 is 0 Å². The quantitative estimate of drug-likeness (QED) is 0.452. The Kier molecular flexibility index (Phi) is 4.11. The number of thioether (sulfide) groups is 1. The number of aryl methyl sites for hydroxylation is 2. The first-order valence-electron chi connectivity index (χ1n) is 10.00. The summed E-state index contributed by atoms with van der Waals surface area (Å²) in [5.41, 5.74) is 2.39. The molecule has 1 aliphatic carbocycles. The van der Waals surface area contributed by atoms with Crippen LogP contribution in [0.2, 0.25) is 0 Å². The molecular formula is C21H20N4O3S2. The molecule has 1 atom stereocenters. The predicted octanol–water partition coefficient (Wildman–Crippen LogP) is 3.79. The van der Waals surface area contributed by atoms with Gasteiger partial charge in [-0.25, -0.2) is 4.40 Å². The Morgan fingerprint density at radius 2 is 2.13 bits per heavy atom. The van der Waals surface area contributed by atoms with Gasteiger partial charge in [-0.05, 0) is 48.4 Å². The number of rotatable bonds is 3. The summed E-state index contributed by atoms with van der Waals surface area (Å²) < 4.78 is 14.6. The highest BCUT2D eigenvalue weighted by atomic mass is 32.2. The van der Waals surface area contributed by atoms with E-state index in [1.165, 1.54) is 10.4 Å².